The second-order valence-corrected chi connectivity index (χ2v) is 4.07. The number of nitrogens with two attached hydrogens (primary N) is 1. The molecule has 0 aliphatic carbocycles. The summed E-state index contributed by atoms with van der Waals surface area (Å²) in [6.45, 7) is 6.78. The molecule has 0 aromatic carbocycles. The molecule has 4 heteroatoms. The van der Waals surface area contributed by atoms with E-state index in [1.54, 1.807) is 6.20 Å². The van der Waals surface area contributed by atoms with Gasteiger partial charge in [0.15, 0.2) is 0 Å². The van der Waals surface area contributed by atoms with Gasteiger partial charge in [0.05, 0.1) is 0 Å². The fraction of sp³-hybridized carbons (Fsp3) is 0.600. The fourth-order valence-electron chi connectivity index (χ4n) is 1.24. The number of nitrogens with zero attached hydrogens (tertiary/aromatic N) is 2. The number of hydrogen-bond donors (Lipinski definition) is 2. The number of aromatic nitrogens is 2. The lowest BCUT2D eigenvalue weighted by atomic mass is 10.0. The van der Waals surface area contributed by atoms with Crippen LogP contribution in [0.3, 0.4) is 0 Å². The van der Waals surface area contributed by atoms with Crippen LogP contribution >= 0.6 is 0 Å². The van der Waals surface area contributed by atoms with E-state index in [2.05, 4.69) is 29.1 Å². The van der Waals surface area contributed by atoms with Gasteiger partial charge in [-0.3, -0.25) is 0 Å². The summed E-state index contributed by atoms with van der Waals surface area (Å²) in [4.78, 5) is 8.42. The molecule has 14 heavy (non-hydrogen) atoms. The Morgan fingerprint density at radius 3 is 2.79 bits per heavy atom. The summed E-state index contributed by atoms with van der Waals surface area (Å²) < 4.78 is 0. The third-order valence-corrected chi connectivity index (χ3v) is 2.01. The molecule has 0 spiro atoms. The lowest BCUT2D eigenvalue weighted by Crippen LogP contribution is -2.34. The van der Waals surface area contributed by atoms with Crippen LogP contribution < -0.4 is 11.1 Å². The van der Waals surface area contributed by atoms with Crippen molar-refractivity contribution in [2.45, 2.75) is 32.7 Å². The van der Waals surface area contributed by atoms with Gasteiger partial charge in [-0.2, -0.15) is 0 Å². The van der Waals surface area contributed by atoms with Gasteiger partial charge in [-0.15, -0.1) is 0 Å². The number of hydrogen-bond acceptors (Lipinski definition) is 4. The van der Waals surface area contributed by atoms with E-state index in [0.717, 1.165) is 12.1 Å². The lowest BCUT2D eigenvalue weighted by molar-refractivity contribution is 0.522. The van der Waals surface area contributed by atoms with Crippen LogP contribution in [0.25, 0.3) is 0 Å². The minimum atomic E-state index is -0.0530. The molecule has 4 nitrogen and oxygen atoms in total. The minimum Gasteiger partial charge on any atom is -0.349 e. The summed E-state index contributed by atoms with van der Waals surface area (Å²) in [7, 11) is 0. The molecule has 0 saturated carbocycles. The molecule has 3 N–H and O–H groups in total. The molecule has 0 saturated heterocycles. The van der Waals surface area contributed by atoms with Gasteiger partial charge in [0.2, 0.25) is 5.95 Å². The highest BCUT2D eigenvalue weighted by Crippen LogP contribution is 2.13. The first-order chi connectivity index (χ1) is 6.53. The number of anilines is 1. The van der Waals surface area contributed by atoms with Crippen molar-refractivity contribution in [3.8, 4) is 0 Å². The molecule has 0 amide bonds. The van der Waals surface area contributed by atoms with Crippen molar-refractivity contribution in [2.24, 2.45) is 5.73 Å². The van der Waals surface area contributed by atoms with Crippen LogP contribution in [0.15, 0.2) is 12.3 Å². The van der Waals surface area contributed by atoms with Gasteiger partial charge in [0, 0.05) is 17.4 Å². The van der Waals surface area contributed by atoms with Gasteiger partial charge < -0.3 is 11.1 Å². The molecule has 0 unspecified atom stereocenters. The summed E-state index contributed by atoms with van der Waals surface area (Å²) in [5.74, 6) is 0.670. The van der Waals surface area contributed by atoms with Gasteiger partial charge in [-0.1, -0.05) is 0 Å². The smallest absolute Gasteiger partial charge is 0.223 e. The molecule has 0 radical (unpaired) electrons. The second kappa shape index (κ2) is 4.37. The molecule has 0 bridgehead atoms. The predicted octanol–water partition coefficient (Wildman–Crippen LogP) is 1.32. The van der Waals surface area contributed by atoms with E-state index in [1.807, 2.05) is 13.0 Å². The summed E-state index contributed by atoms with van der Waals surface area (Å²) in [5, 5.41) is 3.26. The highest BCUT2D eigenvalue weighted by atomic mass is 15.1. The van der Waals surface area contributed by atoms with E-state index >= 15 is 0 Å². The maximum atomic E-state index is 5.52. The molecule has 1 aromatic heterocycles. The first-order valence-electron chi connectivity index (χ1n) is 4.81. The molecule has 0 aliphatic heterocycles. The monoisotopic (exact) mass is 194 g/mol. The van der Waals surface area contributed by atoms with E-state index in [0.29, 0.717) is 12.5 Å². The van der Waals surface area contributed by atoms with Crippen molar-refractivity contribution in [1.82, 2.24) is 9.97 Å². The van der Waals surface area contributed by atoms with Crippen molar-refractivity contribution in [1.29, 1.82) is 0 Å². The Kier molecular flexibility index (Phi) is 3.41. The molecule has 0 atom stereocenters. The van der Waals surface area contributed by atoms with E-state index < -0.39 is 0 Å². The van der Waals surface area contributed by atoms with Crippen molar-refractivity contribution in [3.63, 3.8) is 0 Å². The van der Waals surface area contributed by atoms with Gasteiger partial charge in [-0.25, -0.2) is 9.97 Å². The molecule has 1 heterocycles. The first kappa shape index (κ1) is 10.9. The Balaban J connectivity index is 2.68. The zero-order chi connectivity index (χ0) is 10.6. The van der Waals surface area contributed by atoms with Gasteiger partial charge in [-0.05, 0) is 39.8 Å². The van der Waals surface area contributed by atoms with Gasteiger partial charge >= 0.3 is 0 Å². The summed E-state index contributed by atoms with van der Waals surface area (Å²) in [6, 6.07) is 1.88. The number of aryl methyl sites for hydroxylation is 1. The molecular weight excluding hydrogens is 176 g/mol. The predicted molar refractivity (Wildman–Crippen MR) is 58.1 cm³/mol. The molecule has 0 aliphatic rings. The molecular formula is C10H18N4. The van der Waals surface area contributed by atoms with Gasteiger partial charge in [0.1, 0.15) is 0 Å². The minimum absolute atomic E-state index is 0.0530. The summed E-state index contributed by atoms with van der Waals surface area (Å²) in [6.07, 6.45) is 2.65. The molecule has 78 valence electrons. The van der Waals surface area contributed by atoms with Crippen LogP contribution in [-0.4, -0.2) is 22.1 Å². The topological polar surface area (TPSA) is 63.8 Å². The Labute approximate surface area is 85.0 Å². The van der Waals surface area contributed by atoms with Crippen LogP contribution in [0.4, 0.5) is 5.95 Å². The summed E-state index contributed by atoms with van der Waals surface area (Å²) >= 11 is 0. The van der Waals surface area contributed by atoms with Crippen LogP contribution in [-0.2, 0) is 0 Å². The van der Waals surface area contributed by atoms with E-state index in [1.165, 1.54) is 0 Å². The average molecular weight is 194 g/mol. The van der Waals surface area contributed by atoms with Crippen molar-refractivity contribution < 1.29 is 0 Å². The molecule has 0 fully saturated rings. The van der Waals surface area contributed by atoms with Crippen LogP contribution in [0.2, 0.25) is 0 Å². The van der Waals surface area contributed by atoms with Crippen LogP contribution in [0.5, 0.6) is 0 Å². The summed E-state index contributed by atoms with van der Waals surface area (Å²) in [5.41, 5.74) is 6.43. The average Bonchev–Trinajstić information content (AvgIpc) is 2.02. The SMILES string of the molecule is Cc1ccnc(NC(C)(C)CCN)n1. The van der Waals surface area contributed by atoms with Crippen LogP contribution in [0.1, 0.15) is 26.0 Å². The molecule has 1 aromatic rings. The number of nitrogens with one attached hydrogen (secondary N) is 1. The maximum absolute atomic E-state index is 5.52. The van der Waals surface area contributed by atoms with E-state index in [9.17, 15) is 0 Å². The fourth-order valence-corrected chi connectivity index (χ4v) is 1.24. The molecule has 1 rings (SSSR count). The second-order valence-electron chi connectivity index (χ2n) is 4.07. The zero-order valence-corrected chi connectivity index (χ0v) is 9.04. The largest absolute Gasteiger partial charge is 0.349 e. The Morgan fingerprint density at radius 2 is 2.21 bits per heavy atom. The highest BCUT2D eigenvalue weighted by Gasteiger charge is 2.17. The van der Waals surface area contributed by atoms with Crippen molar-refractivity contribution in [2.75, 3.05) is 11.9 Å². The van der Waals surface area contributed by atoms with E-state index in [-0.39, 0.29) is 5.54 Å². The van der Waals surface area contributed by atoms with Crippen molar-refractivity contribution in [3.05, 3.63) is 18.0 Å². The first-order valence-corrected chi connectivity index (χ1v) is 4.81. The standard InChI is InChI=1S/C10H18N4/c1-8-4-7-12-9(13-8)14-10(2,3)5-6-11/h4,7H,5-6,11H2,1-3H3,(H,12,13,14). The Bertz CT molecular complexity index is 296. The highest BCUT2D eigenvalue weighted by molar-refractivity contribution is 5.28. The Hall–Kier alpha value is -1.16. The van der Waals surface area contributed by atoms with Crippen molar-refractivity contribution >= 4 is 5.95 Å². The quantitative estimate of drug-likeness (QED) is 0.759. The Morgan fingerprint density at radius 1 is 1.50 bits per heavy atom. The van der Waals surface area contributed by atoms with Gasteiger partial charge in [0.25, 0.3) is 0 Å². The normalized spacial score (nSPS) is 11.4. The number of rotatable bonds is 4. The zero-order valence-electron chi connectivity index (χ0n) is 9.04. The maximum Gasteiger partial charge on any atom is 0.223 e. The van der Waals surface area contributed by atoms with Crippen LogP contribution in [0, 0.1) is 6.92 Å². The lowest BCUT2D eigenvalue weighted by Gasteiger charge is -2.25. The third-order valence-electron chi connectivity index (χ3n) is 2.01. The van der Waals surface area contributed by atoms with E-state index in [4.69, 9.17) is 5.73 Å². The third kappa shape index (κ3) is 3.30.